The Morgan fingerprint density at radius 3 is 2.24 bits per heavy atom. The lowest BCUT2D eigenvalue weighted by Gasteiger charge is -2.32. The van der Waals surface area contributed by atoms with E-state index in [1.807, 2.05) is 13.8 Å². The van der Waals surface area contributed by atoms with Gasteiger partial charge < -0.3 is 10.2 Å². The maximum absolute atomic E-state index is 13.5. The second-order valence-electron chi connectivity index (χ2n) is 8.63. The first-order valence-electron chi connectivity index (χ1n) is 10.9. The molecule has 2 rings (SSSR count). The molecule has 0 spiro atoms. The normalized spacial score (nSPS) is 12.4. The summed E-state index contributed by atoms with van der Waals surface area (Å²) >= 11 is 12.5. The Kier molecular flexibility index (Phi) is 9.79. The number of aryl methyl sites for hydroxylation is 1. The molecule has 1 N–H and O–H groups in total. The first-order valence-corrected chi connectivity index (χ1v) is 13.5. The van der Waals surface area contributed by atoms with Crippen LogP contribution in [0.2, 0.25) is 10.0 Å². The summed E-state index contributed by atoms with van der Waals surface area (Å²) < 4.78 is 26.2. The highest BCUT2D eigenvalue weighted by molar-refractivity contribution is 7.92. The molecule has 0 aliphatic carbocycles. The molecule has 7 nitrogen and oxygen atoms in total. The van der Waals surface area contributed by atoms with Gasteiger partial charge in [0.15, 0.2) is 0 Å². The van der Waals surface area contributed by atoms with Crippen molar-refractivity contribution < 1.29 is 18.0 Å². The van der Waals surface area contributed by atoms with Gasteiger partial charge in [-0.15, -0.1) is 0 Å². The Bertz CT molecular complexity index is 1140. The van der Waals surface area contributed by atoms with Crippen LogP contribution in [0.5, 0.6) is 0 Å². The molecule has 2 amide bonds. The van der Waals surface area contributed by atoms with Crippen molar-refractivity contribution in [3.8, 4) is 0 Å². The summed E-state index contributed by atoms with van der Waals surface area (Å²) in [6, 6.07) is 10.9. The van der Waals surface area contributed by atoms with Crippen LogP contribution in [0.4, 0.5) is 5.69 Å². The van der Waals surface area contributed by atoms with E-state index < -0.39 is 28.5 Å². The van der Waals surface area contributed by atoms with Crippen molar-refractivity contribution in [3.05, 3.63) is 63.6 Å². The molecule has 0 saturated heterocycles. The van der Waals surface area contributed by atoms with Crippen LogP contribution in [0.15, 0.2) is 42.5 Å². The Morgan fingerprint density at radius 2 is 1.68 bits per heavy atom. The highest BCUT2D eigenvalue weighted by atomic mass is 35.5. The molecule has 34 heavy (non-hydrogen) atoms. The van der Waals surface area contributed by atoms with Gasteiger partial charge in [-0.25, -0.2) is 8.42 Å². The molecule has 0 saturated carbocycles. The number of anilines is 1. The highest BCUT2D eigenvalue weighted by Gasteiger charge is 2.30. The number of sulfonamides is 1. The molecule has 0 aromatic heterocycles. The first-order chi connectivity index (χ1) is 15.8. The highest BCUT2D eigenvalue weighted by Crippen LogP contribution is 2.26. The van der Waals surface area contributed by atoms with Crippen LogP contribution >= 0.6 is 23.2 Å². The topological polar surface area (TPSA) is 86.8 Å². The van der Waals surface area contributed by atoms with Gasteiger partial charge in [0.25, 0.3) is 0 Å². The van der Waals surface area contributed by atoms with Crippen LogP contribution in [0.25, 0.3) is 0 Å². The van der Waals surface area contributed by atoms with E-state index in [1.54, 1.807) is 50.2 Å². The van der Waals surface area contributed by atoms with Crippen molar-refractivity contribution in [1.82, 2.24) is 10.2 Å². The summed E-state index contributed by atoms with van der Waals surface area (Å²) in [5, 5.41) is 3.66. The van der Waals surface area contributed by atoms with Gasteiger partial charge in [0.05, 0.1) is 11.9 Å². The van der Waals surface area contributed by atoms with Crippen molar-refractivity contribution in [2.45, 2.75) is 40.3 Å². The number of rotatable bonds is 10. The quantitative estimate of drug-likeness (QED) is 0.500. The van der Waals surface area contributed by atoms with Crippen molar-refractivity contribution in [2.24, 2.45) is 5.92 Å². The summed E-state index contributed by atoms with van der Waals surface area (Å²) in [5.41, 5.74) is 1.69. The number of hydrogen-bond acceptors (Lipinski definition) is 4. The number of carbonyl (C=O) groups is 2. The van der Waals surface area contributed by atoms with Crippen molar-refractivity contribution in [1.29, 1.82) is 0 Å². The zero-order chi connectivity index (χ0) is 25.6. The lowest BCUT2D eigenvalue weighted by atomic mass is 10.1. The third kappa shape index (κ3) is 7.61. The van der Waals surface area contributed by atoms with E-state index in [2.05, 4.69) is 5.32 Å². The second-order valence-corrected chi connectivity index (χ2v) is 11.4. The summed E-state index contributed by atoms with van der Waals surface area (Å²) in [6.07, 6.45) is 1.02. The van der Waals surface area contributed by atoms with Gasteiger partial charge in [-0.3, -0.25) is 13.9 Å². The second kappa shape index (κ2) is 11.9. The molecule has 186 valence electrons. The smallest absolute Gasteiger partial charge is 0.244 e. The van der Waals surface area contributed by atoms with Gasteiger partial charge in [0.2, 0.25) is 21.8 Å². The molecule has 0 fully saturated rings. The van der Waals surface area contributed by atoms with E-state index in [1.165, 1.54) is 11.0 Å². The standard InChI is InChI=1S/C24H31Cl2N3O4S/c1-16(2)13-27-24(31)18(4)28(14-19-8-6-7-9-21(19)25)23(30)15-29(34(5,32)33)20-11-10-17(3)22(26)12-20/h6-12,16,18H,13-15H2,1-5H3,(H,27,31)/t18-/m1/s1. The molecule has 1 atom stereocenters. The number of benzene rings is 2. The average Bonchev–Trinajstić information content (AvgIpc) is 2.75. The van der Waals surface area contributed by atoms with Crippen molar-refractivity contribution in [3.63, 3.8) is 0 Å². The number of halogens is 2. The summed E-state index contributed by atoms with van der Waals surface area (Å²) in [5.74, 6) is -0.650. The van der Waals surface area contributed by atoms with Crippen LogP contribution in [0.3, 0.4) is 0 Å². The van der Waals surface area contributed by atoms with Crippen molar-refractivity contribution >= 4 is 50.7 Å². The summed E-state index contributed by atoms with van der Waals surface area (Å²) in [6.45, 7) is 7.34. The number of nitrogens with zero attached hydrogens (tertiary/aromatic N) is 2. The molecule has 10 heteroatoms. The molecule has 0 heterocycles. The fourth-order valence-corrected chi connectivity index (χ4v) is 4.41. The van der Waals surface area contributed by atoms with Crippen LogP contribution in [0.1, 0.15) is 31.9 Å². The van der Waals surface area contributed by atoms with E-state index in [9.17, 15) is 18.0 Å². The van der Waals surface area contributed by atoms with E-state index in [0.717, 1.165) is 16.1 Å². The maximum atomic E-state index is 13.5. The number of nitrogens with one attached hydrogen (secondary N) is 1. The summed E-state index contributed by atoms with van der Waals surface area (Å²) in [7, 11) is -3.82. The minimum atomic E-state index is -3.82. The van der Waals surface area contributed by atoms with Crippen LogP contribution in [-0.4, -0.2) is 50.5 Å². The monoisotopic (exact) mass is 527 g/mol. The maximum Gasteiger partial charge on any atom is 0.244 e. The predicted molar refractivity (Wildman–Crippen MR) is 138 cm³/mol. The average molecular weight is 529 g/mol. The molecular weight excluding hydrogens is 497 g/mol. The molecule has 2 aromatic carbocycles. The lowest BCUT2D eigenvalue weighted by Crippen LogP contribution is -2.51. The largest absolute Gasteiger partial charge is 0.354 e. The Labute approximate surface area is 212 Å². The Morgan fingerprint density at radius 1 is 1.03 bits per heavy atom. The van der Waals surface area contributed by atoms with Crippen molar-refractivity contribution in [2.75, 3.05) is 23.7 Å². The Balaban J connectivity index is 2.40. The third-order valence-corrected chi connectivity index (χ3v) is 7.19. The fourth-order valence-electron chi connectivity index (χ4n) is 3.20. The molecule has 2 aromatic rings. The minimum Gasteiger partial charge on any atom is -0.354 e. The molecule has 0 radical (unpaired) electrons. The number of hydrogen-bond donors (Lipinski definition) is 1. The van der Waals surface area contributed by atoms with Gasteiger partial charge in [0.1, 0.15) is 12.6 Å². The van der Waals surface area contributed by atoms with E-state index in [-0.39, 0.29) is 24.1 Å². The zero-order valence-corrected chi connectivity index (χ0v) is 22.3. The van der Waals surface area contributed by atoms with Gasteiger partial charge in [-0.2, -0.15) is 0 Å². The van der Waals surface area contributed by atoms with Crippen LogP contribution in [-0.2, 0) is 26.2 Å². The Hall–Kier alpha value is -2.29. The minimum absolute atomic E-state index is 0.0427. The lowest BCUT2D eigenvalue weighted by molar-refractivity contribution is -0.139. The van der Waals surface area contributed by atoms with Gasteiger partial charge in [0, 0.05) is 23.1 Å². The first kappa shape index (κ1) is 28.0. The van der Waals surface area contributed by atoms with E-state index >= 15 is 0 Å². The number of carbonyl (C=O) groups excluding carboxylic acids is 2. The van der Waals surface area contributed by atoms with Crippen LogP contribution in [0, 0.1) is 12.8 Å². The van der Waals surface area contributed by atoms with E-state index in [4.69, 9.17) is 23.2 Å². The van der Waals surface area contributed by atoms with E-state index in [0.29, 0.717) is 22.2 Å². The molecule has 0 aliphatic rings. The van der Waals surface area contributed by atoms with Crippen LogP contribution < -0.4 is 9.62 Å². The fraction of sp³-hybridized carbons (Fsp3) is 0.417. The van der Waals surface area contributed by atoms with Gasteiger partial charge in [-0.05, 0) is 49.1 Å². The zero-order valence-electron chi connectivity index (χ0n) is 20.0. The summed E-state index contributed by atoms with van der Waals surface area (Å²) in [4.78, 5) is 27.6. The SMILES string of the molecule is Cc1ccc(N(CC(=O)N(Cc2ccccc2Cl)[C@H](C)C(=O)NCC(C)C)S(C)(=O)=O)cc1Cl. The number of amides is 2. The molecule has 0 bridgehead atoms. The molecular formula is C24H31Cl2N3O4S. The third-order valence-electron chi connectivity index (χ3n) is 5.27. The molecule has 0 aliphatic heterocycles. The van der Waals surface area contributed by atoms with Gasteiger partial charge in [-0.1, -0.05) is 61.3 Å². The van der Waals surface area contributed by atoms with Gasteiger partial charge >= 0.3 is 0 Å². The molecule has 0 unspecified atom stereocenters. The predicted octanol–water partition coefficient (Wildman–Crippen LogP) is 4.26.